The molecule has 4 atom stereocenters. The molecular formula is C23H22N8O6. The molecule has 1 saturated heterocycles. The van der Waals surface area contributed by atoms with E-state index in [4.69, 9.17) is 4.74 Å². The van der Waals surface area contributed by atoms with Crippen molar-refractivity contribution in [1.29, 1.82) is 0 Å². The van der Waals surface area contributed by atoms with Gasteiger partial charge in [-0.3, -0.25) is 24.5 Å². The zero-order valence-electron chi connectivity index (χ0n) is 19.4. The highest BCUT2D eigenvalue weighted by atomic mass is 16.6. The van der Waals surface area contributed by atoms with Crippen molar-refractivity contribution < 1.29 is 24.7 Å². The largest absolute Gasteiger partial charge is 0.387 e. The summed E-state index contributed by atoms with van der Waals surface area (Å²) in [5.74, 6) is -0.163. The van der Waals surface area contributed by atoms with Gasteiger partial charge in [-0.05, 0) is 5.56 Å². The Morgan fingerprint density at radius 1 is 1.19 bits per heavy atom. The minimum Gasteiger partial charge on any atom is -0.387 e. The number of hydrogen-bond acceptors (Lipinski definition) is 11. The summed E-state index contributed by atoms with van der Waals surface area (Å²) in [6.07, 6.45) is -1.57. The molecule has 14 nitrogen and oxygen atoms in total. The summed E-state index contributed by atoms with van der Waals surface area (Å²) in [6.45, 7) is 0.395. The van der Waals surface area contributed by atoms with Crippen molar-refractivity contribution in [2.75, 3.05) is 12.4 Å². The Labute approximate surface area is 209 Å². The van der Waals surface area contributed by atoms with E-state index in [9.17, 15) is 25.1 Å². The minimum absolute atomic E-state index is 0.108. The Morgan fingerprint density at radius 3 is 2.70 bits per heavy atom. The first-order valence-corrected chi connectivity index (χ1v) is 11.2. The average Bonchev–Trinajstić information content (AvgIpc) is 3.48. The molecule has 4 aromatic rings. The lowest BCUT2D eigenvalue weighted by Crippen LogP contribution is -2.41. The van der Waals surface area contributed by atoms with E-state index in [2.05, 4.69) is 30.6 Å². The molecule has 0 bridgehead atoms. The fourth-order valence-corrected chi connectivity index (χ4v) is 4.03. The number of amides is 1. The second kappa shape index (κ2) is 9.85. The van der Waals surface area contributed by atoms with Crippen LogP contribution in [0, 0.1) is 10.1 Å². The number of carbonyl (C=O) groups excluding carboxylic acids is 1. The summed E-state index contributed by atoms with van der Waals surface area (Å²) in [5.41, 5.74) is 1.55. The summed E-state index contributed by atoms with van der Waals surface area (Å²) in [5, 5.41) is 37.9. The van der Waals surface area contributed by atoms with Crippen LogP contribution in [0.25, 0.3) is 22.6 Å². The van der Waals surface area contributed by atoms with Crippen LogP contribution in [-0.2, 0) is 16.1 Å². The third-order valence-electron chi connectivity index (χ3n) is 5.93. The van der Waals surface area contributed by atoms with Crippen LogP contribution in [-0.4, -0.2) is 70.9 Å². The molecule has 1 amide bonds. The quantitative estimate of drug-likeness (QED) is 0.204. The number of nitrogens with zero attached hydrogens (tertiary/aromatic N) is 6. The van der Waals surface area contributed by atoms with E-state index in [0.717, 1.165) is 11.8 Å². The van der Waals surface area contributed by atoms with Crippen molar-refractivity contribution in [3.05, 3.63) is 70.8 Å². The van der Waals surface area contributed by atoms with Gasteiger partial charge in [-0.2, -0.15) is 0 Å². The maximum Gasteiger partial charge on any atom is 0.288 e. The fourth-order valence-electron chi connectivity index (χ4n) is 4.03. The molecule has 0 saturated carbocycles. The molecule has 37 heavy (non-hydrogen) atoms. The Bertz CT molecular complexity index is 1460. The SMILES string of the molecule is CNC(=O)[C@H]1O[C@H](n2cnc3c(NCc4ccccc4)nc(-c4cncc([N+](=O)[O-])c4)nc32)[C@@H](O)[C@@H]1O. The molecule has 0 aliphatic carbocycles. The number of nitro groups is 1. The maximum atomic E-state index is 12.1. The number of pyridine rings is 1. The van der Waals surface area contributed by atoms with Crippen molar-refractivity contribution in [3.63, 3.8) is 0 Å². The topological polar surface area (TPSA) is 190 Å². The molecule has 4 N–H and O–H groups in total. The molecular weight excluding hydrogens is 484 g/mol. The molecule has 14 heteroatoms. The summed E-state index contributed by atoms with van der Waals surface area (Å²) < 4.78 is 7.07. The van der Waals surface area contributed by atoms with E-state index in [1.165, 1.54) is 30.2 Å². The molecule has 4 heterocycles. The monoisotopic (exact) mass is 506 g/mol. The number of likely N-dealkylation sites (N-methyl/N-ethyl adjacent to an activating group) is 1. The fraction of sp³-hybridized carbons (Fsp3) is 0.261. The second-order valence-corrected chi connectivity index (χ2v) is 8.29. The zero-order valence-corrected chi connectivity index (χ0v) is 19.4. The molecule has 5 rings (SSSR count). The molecule has 0 radical (unpaired) electrons. The van der Waals surface area contributed by atoms with Crippen LogP contribution in [0.3, 0.4) is 0 Å². The van der Waals surface area contributed by atoms with Crippen molar-refractivity contribution in [2.45, 2.75) is 31.1 Å². The first-order chi connectivity index (χ1) is 17.9. The highest BCUT2D eigenvalue weighted by Gasteiger charge is 2.47. The summed E-state index contributed by atoms with van der Waals surface area (Å²) in [6, 6.07) is 10.8. The highest BCUT2D eigenvalue weighted by Crippen LogP contribution is 2.34. The number of fused-ring (bicyclic) bond motifs is 1. The standard InChI is InChI=1S/C23H22N8O6/c1-24-22(34)18-16(32)17(33)23(37-18)30-11-27-15-20(26-8-12-5-3-2-4-6-12)28-19(29-21(15)30)13-7-14(31(35)36)10-25-9-13/h2-7,9-11,16-18,23,32-33H,8H2,1H3,(H,24,34)(H,26,28,29)/t16-,17-,18-,23-/m0/s1. The molecule has 1 aromatic carbocycles. The normalized spacial score (nSPS) is 21.2. The van der Waals surface area contributed by atoms with Gasteiger partial charge >= 0.3 is 0 Å². The minimum atomic E-state index is -1.49. The van der Waals surface area contributed by atoms with Gasteiger partial charge in [0.1, 0.15) is 18.4 Å². The number of hydrogen-bond donors (Lipinski definition) is 4. The number of aliphatic hydroxyl groups is 2. The van der Waals surface area contributed by atoms with E-state index in [-0.39, 0.29) is 22.7 Å². The predicted molar refractivity (Wildman–Crippen MR) is 129 cm³/mol. The highest BCUT2D eigenvalue weighted by molar-refractivity contribution is 5.85. The van der Waals surface area contributed by atoms with Crippen molar-refractivity contribution in [3.8, 4) is 11.4 Å². The number of benzene rings is 1. The number of aromatic nitrogens is 5. The number of aliphatic hydroxyl groups excluding tert-OH is 2. The molecule has 190 valence electrons. The van der Waals surface area contributed by atoms with Crippen LogP contribution in [0.4, 0.5) is 11.5 Å². The lowest BCUT2D eigenvalue weighted by molar-refractivity contribution is -0.385. The lowest BCUT2D eigenvalue weighted by Gasteiger charge is -2.17. The van der Waals surface area contributed by atoms with Gasteiger partial charge in [-0.1, -0.05) is 30.3 Å². The van der Waals surface area contributed by atoms with Crippen molar-refractivity contribution in [2.24, 2.45) is 0 Å². The Morgan fingerprint density at radius 2 is 1.97 bits per heavy atom. The van der Waals surface area contributed by atoms with Crippen LogP contribution < -0.4 is 10.6 Å². The van der Waals surface area contributed by atoms with Gasteiger partial charge in [0.2, 0.25) is 0 Å². The third kappa shape index (κ3) is 4.55. The molecule has 1 aliphatic rings. The van der Waals surface area contributed by atoms with E-state index in [1.807, 2.05) is 30.3 Å². The number of imidazole rings is 1. The number of ether oxygens (including phenoxy) is 1. The summed E-state index contributed by atoms with van der Waals surface area (Å²) in [4.78, 5) is 40.2. The Hall–Kier alpha value is -4.53. The van der Waals surface area contributed by atoms with Gasteiger partial charge in [0.15, 0.2) is 35.1 Å². The van der Waals surface area contributed by atoms with Crippen LogP contribution >= 0.6 is 0 Å². The van der Waals surface area contributed by atoms with E-state index >= 15 is 0 Å². The molecule has 0 unspecified atom stereocenters. The molecule has 3 aromatic heterocycles. The van der Waals surface area contributed by atoms with Gasteiger partial charge in [-0.25, -0.2) is 15.0 Å². The zero-order chi connectivity index (χ0) is 26.1. The smallest absolute Gasteiger partial charge is 0.288 e. The molecule has 1 aliphatic heterocycles. The van der Waals surface area contributed by atoms with Gasteiger partial charge in [0, 0.05) is 31.4 Å². The summed E-state index contributed by atoms with van der Waals surface area (Å²) in [7, 11) is 1.39. The number of nitrogens with one attached hydrogen (secondary N) is 2. The Kier molecular flexibility index (Phi) is 6.43. The maximum absolute atomic E-state index is 12.1. The van der Waals surface area contributed by atoms with Crippen LogP contribution in [0.15, 0.2) is 55.1 Å². The molecule has 1 fully saturated rings. The average molecular weight is 506 g/mol. The Balaban J connectivity index is 1.60. The van der Waals surface area contributed by atoms with Crippen LogP contribution in [0.5, 0.6) is 0 Å². The van der Waals surface area contributed by atoms with E-state index in [1.54, 1.807) is 0 Å². The second-order valence-electron chi connectivity index (χ2n) is 8.29. The van der Waals surface area contributed by atoms with Gasteiger partial charge < -0.3 is 25.6 Å². The molecule has 0 spiro atoms. The number of anilines is 1. The first-order valence-electron chi connectivity index (χ1n) is 11.2. The van der Waals surface area contributed by atoms with Gasteiger partial charge in [0.25, 0.3) is 11.6 Å². The van der Waals surface area contributed by atoms with E-state index < -0.39 is 35.4 Å². The number of carbonyl (C=O) groups is 1. The van der Waals surface area contributed by atoms with Gasteiger partial charge in [-0.15, -0.1) is 0 Å². The van der Waals surface area contributed by atoms with Crippen molar-refractivity contribution >= 4 is 28.6 Å². The summed E-state index contributed by atoms with van der Waals surface area (Å²) >= 11 is 0. The lowest BCUT2D eigenvalue weighted by atomic mass is 10.1. The van der Waals surface area contributed by atoms with Crippen LogP contribution in [0.1, 0.15) is 11.8 Å². The predicted octanol–water partition coefficient (Wildman–Crippen LogP) is 0.774. The van der Waals surface area contributed by atoms with Gasteiger partial charge in [0.05, 0.1) is 11.3 Å². The van der Waals surface area contributed by atoms with Crippen LogP contribution in [0.2, 0.25) is 0 Å². The van der Waals surface area contributed by atoms with Crippen molar-refractivity contribution in [1.82, 2.24) is 29.8 Å². The third-order valence-corrected chi connectivity index (χ3v) is 5.93. The first kappa shape index (κ1) is 24.2. The van der Waals surface area contributed by atoms with E-state index in [0.29, 0.717) is 17.9 Å². The number of rotatable bonds is 7.